The number of carbonyl (C=O) groups is 2. The van der Waals surface area contributed by atoms with Crippen molar-refractivity contribution in [3.05, 3.63) is 132 Å². The van der Waals surface area contributed by atoms with Crippen molar-refractivity contribution in [1.29, 1.82) is 0 Å². The lowest BCUT2D eigenvalue weighted by Crippen LogP contribution is -2.51. The minimum atomic E-state index is -2.39. The van der Waals surface area contributed by atoms with Crippen LogP contribution in [0.5, 0.6) is 5.75 Å². The molecule has 0 radical (unpaired) electrons. The van der Waals surface area contributed by atoms with E-state index in [0.717, 1.165) is 33.8 Å². The number of methoxy groups -OCH3 is 1. The van der Waals surface area contributed by atoms with Gasteiger partial charge in [-0.25, -0.2) is 0 Å². The van der Waals surface area contributed by atoms with Crippen LogP contribution in [0.15, 0.2) is 109 Å². The van der Waals surface area contributed by atoms with E-state index >= 15 is 4.79 Å². The van der Waals surface area contributed by atoms with Gasteiger partial charge in [0.05, 0.1) is 39.7 Å². The number of aliphatic hydroxyl groups is 1. The summed E-state index contributed by atoms with van der Waals surface area (Å²) in [5, 5.41) is 21.0. The van der Waals surface area contributed by atoms with Crippen molar-refractivity contribution in [3.8, 4) is 5.75 Å². The number of nitrogens with zero attached hydrogens (tertiary/aromatic N) is 5. The standard InChI is InChI=1S/C42H45N5O5Si/c1-28-40(53(3,4)33-18-16-32(51-2)17-19-33)37(21-23-45-27-35(43-44-45)39(49)30-13-9-6-10-14-30)52-42(28)34-25-31(46-24-22-38(46)48)15-20-36(34)47(41(42)50)26-29-11-7-5-8-12-29/h5-20,25,27-28,37,39-40,49H,21-24,26H2,1-4H3/t28-,37+,39+,40-,42+/m0/s1. The molecule has 0 unspecified atom stereocenters. The van der Waals surface area contributed by atoms with Gasteiger partial charge in [0, 0.05) is 36.7 Å². The summed E-state index contributed by atoms with van der Waals surface area (Å²) in [7, 11) is -0.715. The van der Waals surface area contributed by atoms with E-state index in [1.807, 2.05) is 95.9 Å². The highest BCUT2D eigenvalue weighted by Gasteiger charge is 2.66. The Morgan fingerprint density at radius 2 is 1.70 bits per heavy atom. The summed E-state index contributed by atoms with van der Waals surface area (Å²) in [6.07, 6.45) is 1.70. The van der Waals surface area contributed by atoms with Crippen molar-refractivity contribution in [2.75, 3.05) is 23.5 Å². The van der Waals surface area contributed by atoms with Crippen molar-refractivity contribution in [1.82, 2.24) is 15.0 Å². The summed E-state index contributed by atoms with van der Waals surface area (Å²) in [5.41, 5.74) is 3.46. The van der Waals surface area contributed by atoms with Gasteiger partial charge in [0.2, 0.25) is 5.91 Å². The van der Waals surface area contributed by atoms with Crippen molar-refractivity contribution in [2.24, 2.45) is 5.92 Å². The van der Waals surface area contributed by atoms with Crippen molar-refractivity contribution < 1.29 is 24.2 Å². The first kappa shape index (κ1) is 35.0. The Hall–Kier alpha value is -5.10. The molecule has 2 fully saturated rings. The number of aromatic nitrogens is 3. The summed E-state index contributed by atoms with van der Waals surface area (Å²) >= 11 is 0. The molecule has 3 aliphatic rings. The monoisotopic (exact) mass is 727 g/mol. The molecule has 0 aliphatic carbocycles. The Morgan fingerprint density at radius 3 is 2.36 bits per heavy atom. The predicted octanol–water partition coefficient (Wildman–Crippen LogP) is 5.96. The molecule has 1 spiro atoms. The summed E-state index contributed by atoms with van der Waals surface area (Å²) in [6.45, 7) is 8.47. The number of aliphatic hydroxyl groups excluding tert-OH is 1. The van der Waals surface area contributed by atoms with E-state index in [4.69, 9.17) is 9.47 Å². The number of fused-ring (bicyclic) bond motifs is 2. The molecule has 272 valence electrons. The SMILES string of the molecule is COc1ccc([Si](C)(C)[C@@H]2[C@@H](CCn3cc([C@H](O)c4ccccc4)nn3)O[C@]3(C(=O)N(Cc4ccccc4)c4ccc(N5CCC5=O)cc43)[C@H]2C)cc1. The highest BCUT2D eigenvalue weighted by Crippen LogP contribution is 2.60. The smallest absolute Gasteiger partial charge is 0.264 e. The first-order valence-electron chi connectivity index (χ1n) is 18.4. The molecule has 5 aromatic rings. The maximum atomic E-state index is 15.2. The topological polar surface area (TPSA) is 110 Å². The second-order valence-corrected chi connectivity index (χ2v) is 19.7. The highest BCUT2D eigenvalue weighted by molar-refractivity contribution is 6.91. The van der Waals surface area contributed by atoms with E-state index in [0.29, 0.717) is 38.2 Å². The minimum Gasteiger partial charge on any atom is -0.497 e. The van der Waals surface area contributed by atoms with Crippen LogP contribution in [0.3, 0.4) is 0 Å². The number of benzene rings is 4. The van der Waals surface area contributed by atoms with Gasteiger partial charge in [0.1, 0.15) is 17.5 Å². The lowest BCUT2D eigenvalue weighted by atomic mass is 9.82. The molecule has 53 heavy (non-hydrogen) atoms. The van der Waals surface area contributed by atoms with Crippen LogP contribution in [-0.4, -0.2) is 59.7 Å². The molecule has 4 aromatic carbocycles. The second-order valence-electron chi connectivity index (χ2n) is 15.0. The normalized spacial score (nSPS) is 23.0. The van der Waals surface area contributed by atoms with E-state index in [1.54, 1.807) is 22.9 Å². The van der Waals surface area contributed by atoms with E-state index in [-0.39, 0.29) is 29.4 Å². The zero-order chi connectivity index (χ0) is 36.9. The maximum Gasteiger partial charge on any atom is 0.264 e. The third-order valence-electron chi connectivity index (χ3n) is 11.8. The van der Waals surface area contributed by atoms with Crippen LogP contribution in [0.25, 0.3) is 0 Å². The van der Waals surface area contributed by atoms with Crippen LogP contribution in [0, 0.1) is 5.92 Å². The zero-order valence-corrected chi connectivity index (χ0v) is 31.6. The number of ether oxygens (including phenoxy) is 2. The average molecular weight is 728 g/mol. The molecular formula is C42H45N5O5Si. The summed E-state index contributed by atoms with van der Waals surface area (Å²) < 4.78 is 14.6. The van der Waals surface area contributed by atoms with Gasteiger partial charge in [-0.3, -0.25) is 14.3 Å². The molecular weight excluding hydrogens is 683 g/mol. The number of amides is 2. The highest BCUT2D eigenvalue weighted by atomic mass is 28.3. The fraction of sp³-hybridized carbons (Fsp3) is 0.333. The number of rotatable bonds is 11. The van der Waals surface area contributed by atoms with Gasteiger partial charge in [-0.1, -0.05) is 103 Å². The van der Waals surface area contributed by atoms with E-state index in [2.05, 4.69) is 42.5 Å². The van der Waals surface area contributed by atoms with Gasteiger partial charge in [-0.15, -0.1) is 5.10 Å². The van der Waals surface area contributed by atoms with Gasteiger partial charge in [0.15, 0.2) is 5.60 Å². The van der Waals surface area contributed by atoms with Crippen LogP contribution in [0.2, 0.25) is 18.6 Å². The van der Waals surface area contributed by atoms with E-state index < -0.39 is 19.8 Å². The Balaban J connectivity index is 1.19. The van der Waals surface area contributed by atoms with Crippen LogP contribution < -0.4 is 19.7 Å². The Morgan fingerprint density at radius 1 is 0.981 bits per heavy atom. The number of β-lactam (4-membered cyclic amide) rings is 1. The third kappa shape index (κ3) is 5.96. The molecule has 11 heteroatoms. The molecule has 2 saturated heterocycles. The Labute approximate surface area is 311 Å². The predicted molar refractivity (Wildman–Crippen MR) is 206 cm³/mol. The molecule has 8 rings (SSSR count). The first-order valence-corrected chi connectivity index (χ1v) is 21.5. The lowest BCUT2D eigenvalue weighted by Gasteiger charge is -2.37. The van der Waals surface area contributed by atoms with Gasteiger partial charge < -0.3 is 24.4 Å². The first-order chi connectivity index (χ1) is 25.6. The number of anilines is 2. The second kappa shape index (κ2) is 13.7. The summed E-state index contributed by atoms with van der Waals surface area (Å²) in [6, 6.07) is 33.8. The molecule has 2 amide bonds. The molecule has 3 aliphatic heterocycles. The average Bonchev–Trinajstić information content (AvgIpc) is 3.84. The molecule has 0 saturated carbocycles. The largest absolute Gasteiger partial charge is 0.497 e. The van der Waals surface area contributed by atoms with Crippen molar-refractivity contribution in [3.63, 3.8) is 0 Å². The van der Waals surface area contributed by atoms with E-state index in [9.17, 15) is 9.90 Å². The van der Waals surface area contributed by atoms with Crippen LogP contribution in [0.4, 0.5) is 11.4 Å². The molecule has 4 heterocycles. The van der Waals surface area contributed by atoms with Crippen molar-refractivity contribution in [2.45, 2.75) is 69.3 Å². The number of carbonyl (C=O) groups excluding carboxylic acids is 2. The summed E-state index contributed by atoms with van der Waals surface area (Å²) in [5.74, 6) is 0.610. The molecule has 1 aromatic heterocycles. The lowest BCUT2D eigenvalue weighted by molar-refractivity contribution is -0.146. The fourth-order valence-electron chi connectivity index (χ4n) is 8.86. The molecule has 5 atom stereocenters. The fourth-order valence-corrected chi connectivity index (χ4v) is 12.9. The van der Waals surface area contributed by atoms with Gasteiger partial charge >= 0.3 is 0 Å². The molecule has 0 bridgehead atoms. The van der Waals surface area contributed by atoms with Gasteiger partial charge in [-0.2, -0.15) is 0 Å². The number of aryl methyl sites for hydroxylation is 1. The van der Waals surface area contributed by atoms with Crippen LogP contribution in [0.1, 0.15) is 48.3 Å². The molecule has 10 nitrogen and oxygen atoms in total. The van der Waals surface area contributed by atoms with Crippen molar-refractivity contribution >= 4 is 36.4 Å². The van der Waals surface area contributed by atoms with Crippen LogP contribution >= 0.6 is 0 Å². The maximum absolute atomic E-state index is 15.2. The summed E-state index contributed by atoms with van der Waals surface area (Å²) in [4.78, 5) is 31.5. The zero-order valence-electron chi connectivity index (χ0n) is 30.6. The van der Waals surface area contributed by atoms with Crippen LogP contribution in [-0.2, 0) is 33.0 Å². The van der Waals surface area contributed by atoms with E-state index in [1.165, 1.54) is 5.19 Å². The third-order valence-corrected chi connectivity index (χ3v) is 16.1. The number of hydrogen-bond donors (Lipinski definition) is 1. The Kier molecular flexibility index (Phi) is 9.04. The van der Waals surface area contributed by atoms with Gasteiger partial charge in [-0.05, 0) is 53.4 Å². The molecule has 1 N–H and O–H groups in total. The van der Waals surface area contributed by atoms with Gasteiger partial charge in [0.25, 0.3) is 5.91 Å². The minimum absolute atomic E-state index is 0.0246. The Bertz CT molecular complexity index is 2120. The number of hydrogen-bond acceptors (Lipinski definition) is 7. The quantitative estimate of drug-likeness (QED) is 0.132.